The number of ether oxygens (including phenoxy) is 1. The zero-order chi connectivity index (χ0) is 15.1. The number of terminal acetylenes is 1. The molecule has 1 heterocycles. The van der Waals surface area contributed by atoms with Crippen LogP contribution in [-0.4, -0.2) is 33.9 Å². The third kappa shape index (κ3) is 2.94. The van der Waals surface area contributed by atoms with Crippen molar-refractivity contribution in [2.45, 2.75) is 76.9 Å². The van der Waals surface area contributed by atoms with Crippen LogP contribution in [0.1, 0.15) is 41.0 Å². The molecule has 2 radical (unpaired) electrons. The zero-order valence-electron chi connectivity index (χ0n) is 13.4. The monoisotopic (exact) mass is 278 g/mol. The molecule has 0 N–H and O–H groups in total. The first-order chi connectivity index (χ1) is 8.50. The smallest absolute Gasteiger partial charge is 0.192 e. The second-order valence-corrected chi connectivity index (χ2v) is 11.9. The molecule has 0 spiro atoms. The Morgan fingerprint density at radius 2 is 1.95 bits per heavy atom. The van der Waals surface area contributed by atoms with Crippen molar-refractivity contribution in [1.29, 1.82) is 0 Å². The van der Waals surface area contributed by atoms with E-state index >= 15 is 0 Å². The first-order valence-electron chi connectivity index (χ1n) is 7.10. The molecular formula is C15H27BO2Si. The summed E-state index contributed by atoms with van der Waals surface area (Å²) in [6, 6.07) is -0.430. The summed E-state index contributed by atoms with van der Waals surface area (Å²) in [6.45, 7) is 15.3. The fourth-order valence-electron chi connectivity index (χ4n) is 2.33. The number of hydrogen-bond donors (Lipinski definition) is 0. The van der Waals surface area contributed by atoms with Crippen molar-refractivity contribution in [3.8, 4) is 12.3 Å². The maximum Gasteiger partial charge on any atom is 0.192 e. The van der Waals surface area contributed by atoms with Crippen LogP contribution in [0.3, 0.4) is 0 Å². The van der Waals surface area contributed by atoms with Crippen molar-refractivity contribution in [1.82, 2.24) is 0 Å². The number of rotatable bonds is 3. The van der Waals surface area contributed by atoms with Gasteiger partial charge in [-0.2, -0.15) is 0 Å². The molecule has 0 saturated carbocycles. The molecule has 0 unspecified atom stereocenters. The fourth-order valence-corrected chi connectivity index (χ4v) is 3.70. The van der Waals surface area contributed by atoms with E-state index in [1.54, 1.807) is 0 Å². The second-order valence-electron chi connectivity index (χ2n) is 7.10. The Bertz CT molecular complexity index is 369. The minimum Gasteiger partial charge on any atom is -0.412 e. The third-order valence-corrected chi connectivity index (χ3v) is 9.38. The summed E-state index contributed by atoms with van der Waals surface area (Å²) in [4.78, 5) is 0. The van der Waals surface area contributed by atoms with Gasteiger partial charge in [-0.3, -0.25) is 0 Å². The fraction of sp³-hybridized carbons (Fsp3) is 0.867. The van der Waals surface area contributed by atoms with E-state index in [4.69, 9.17) is 23.4 Å². The van der Waals surface area contributed by atoms with Crippen LogP contribution in [0.25, 0.3) is 0 Å². The van der Waals surface area contributed by atoms with Gasteiger partial charge in [0.2, 0.25) is 0 Å². The molecule has 1 rings (SSSR count). The highest BCUT2D eigenvalue weighted by Crippen LogP contribution is 2.44. The van der Waals surface area contributed by atoms with Crippen molar-refractivity contribution in [2.24, 2.45) is 5.92 Å². The van der Waals surface area contributed by atoms with Crippen molar-refractivity contribution < 1.29 is 9.16 Å². The highest BCUT2D eigenvalue weighted by atomic mass is 28.4. The van der Waals surface area contributed by atoms with Crippen LogP contribution < -0.4 is 0 Å². The summed E-state index contributed by atoms with van der Waals surface area (Å²) < 4.78 is 12.3. The van der Waals surface area contributed by atoms with E-state index < -0.39 is 19.9 Å². The average molecular weight is 278 g/mol. The molecule has 0 amide bonds. The summed E-state index contributed by atoms with van der Waals surface area (Å²) in [7, 11) is 4.26. The molecule has 2 nitrogen and oxygen atoms in total. The summed E-state index contributed by atoms with van der Waals surface area (Å²) in [5, 5.41) is 0.153. The van der Waals surface area contributed by atoms with Gasteiger partial charge in [-0.15, -0.1) is 6.42 Å². The molecule has 0 aromatic rings. The lowest BCUT2D eigenvalue weighted by Gasteiger charge is -2.40. The first kappa shape index (κ1) is 16.8. The normalized spacial score (nSPS) is 36.2. The minimum absolute atomic E-state index is 0.114. The Labute approximate surface area is 121 Å². The SMILES string of the molecule is [B][C@@H]1O[C@](C#C)(CC)[C@@H](C)[C@H]1O[Si](C)(C)C(C)(C)C. The largest absolute Gasteiger partial charge is 0.412 e. The van der Waals surface area contributed by atoms with E-state index in [1.165, 1.54) is 0 Å². The third-order valence-electron chi connectivity index (χ3n) is 4.90. The summed E-state index contributed by atoms with van der Waals surface area (Å²) >= 11 is 0. The molecule has 1 aliphatic rings. The van der Waals surface area contributed by atoms with Gasteiger partial charge in [-0.1, -0.05) is 40.5 Å². The van der Waals surface area contributed by atoms with Gasteiger partial charge in [0.05, 0.1) is 6.10 Å². The van der Waals surface area contributed by atoms with Crippen LogP contribution in [0.2, 0.25) is 18.1 Å². The Morgan fingerprint density at radius 1 is 1.42 bits per heavy atom. The Hall–Kier alpha value is -0.238. The highest BCUT2D eigenvalue weighted by Gasteiger charge is 2.52. The average Bonchev–Trinajstić information content (AvgIpc) is 2.52. The predicted molar refractivity (Wildman–Crippen MR) is 83.7 cm³/mol. The molecule has 4 heteroatoms. The molecule has 106 valence electrons. The molecule has 19 heavy (non-hydrogen) atoms. The second kappa shape index (κ2) is 5.27. The first-order valence-corrected chi connectivity index (χ1v) is 10.0. The summed E-state index contributed by atoms with van der Waals surface area (Å²) in [5.41, 5.74) is -0.577. The molecule has 1 aliphatic heterocycles. The van der Waals surface area contributed by atoms with Crippen LogP contribution in [0.15, 0.2) is 0 Å². The lowest BCUT2D eigenvalue weighted by molar-refractivity contribution is 0.0117. The summed E-state index contributed by atoms with van der Waals surface area (Å²) in [6.07, 6.45) is 6.31. The van der Waals surface area contributed by atoms with Gasteiger partial charge in [0.15, 0.2) is 8.32 Å². The Morgan fingerprint density at radius 3 is 2.26 bits per heavy atom. The van der Waals surface area contributed by atoms with E-state index in [1.807, 2.05) is 6.92 Å². The van der Waals surface area contributed by atoms with Gasteiger partial charge in [0.25, 0.3) is 0 Å². The van der Waals surface area contributed by atoms with Crippen molar-refractivity contribution in [3.05, 3.63) is 0 Å². The Balaban J connectivity index is 2.96. The molecule has 0 bridgehead atoms. The zero-order valence-corrected chi connectivity index (χ0v) is 14.4. The van der Waals surface area contributed by atoms with Crippen molar-refractivity contribution in [2.75, 3.05) is 0 Å². The van der Waals surface area contributed by atoms with Crippen LogP contribution >= 0.6 is 0 Å². The topological polar surface area (TPSA) is 18.5 Å². The molecule has 4 atom stereocenters. The van der Waals surface area contributed by atoms with E-state index in [0.717, 1.165) is 6.42 Å². The number of hydrogen-bond acceptors (Lipinski definition) is 2. The maximum atomic E-state index is 6.44. The maximum absolute atomic E-state index is 6.44. The quantitative estimate of drug-likeness (QED) is 0.582. The van der Waals surface area contributed by atoms with E-state index in [9.17, 15) is 0 Å². The lowest BCUT2D eigenvalue weighted by Crippen LogP contribution is -2.48. The molecule has 0 aromatic heterocycles. The molecular weight excluding hydrogens is 251 g/mol. The molecule has 1 fully saturated rings. The van der Waals surface area contributed by atoms with E-state index in [0.29, 0.717) is 0 Å². The van der Waals surface area contributed by atoms with Crippen molar-refractivity contribution in [3.63, 3.8) is 0 Å². The van der Waals surface area contributed by atoms with Gasteiger partial charge in [-0.05, 0) is 24.6 Å². The van der Waals surface area contributed by atoms with Gasteiger partial charge in [-0.25, -0.2) is 0 Å². The van der Waals surface area contributed by atoms with Gasteiger partial charge in [0.1, 0.15) is 13.4 Å². The highest BCUT2D eigenvalue weighted by molar-refractivity contribution is 6.74. The predicted octanol–water partition coefficient (Wildman–Crippen LogP) is 3.32. The summed E-state index contributed by atoms with van der Waals surface area (Å²) in [5.74, 6) is 2.91. The van der Waals surface area contributed by atoms with Gasteiger partial charge in [0, 0.05) is 11.9 Å². The molecule has 1 saturated heterocycles. The van der Waals surface area contributed by atoms with E-state index in [-0.39, 0.29) is 17.1 Å². The van der Waals surface area contributed by atoms with Crippen molar-refractivity contribution >= 4 is 16.2 Å². The molecule has 0 aromatic carbocycles. The van der Waals surface area contributed by atoms with E-state index in [2.05, 4.69) is 46.7 Å². The van der Waals surface area contributed by atoms with Crippen LogP contribution in [-0.2, 0) is 9.16 Å². The Kier molecular flexibility index (Phi) is 4.67. The standard InChI is InChI=1S/C15H27BO2Si/c1-9-15(10-2)11(3)12(13(16)17-15)18-19(7,8)14(4,5)6/h1,11-13H,10H2,2-8H3/t11-,12+,13+,15+/m0/s1. The van der Waals surface area contributed by atoms with Gasteiger partial charge >= 0.3 is 0 Å². The minimum atomic E-state index is -1.87. The van der Waals surface area contributed by atoms with Crippen LogP contribution in [0, 0.1) is 18.3 Å². The molecule has 0 aliphatic carbocycles. The van der Waals surface area contributed by atoms with Crippen LogP contribution in [0.5, 0.6) is 0 Å². The van der Waals surface area contributed by atoms with Crippen LogP contribution in [0.4, 0.5) is 0 Å². The lowest BCUT2D eigenvalue weighted by atomic mass is 9.82. The van der Waals surface area contributed by atoms with Gasteiger partial charge < -0.3 is 9.16 Å².